The molecule has 0 amide bonds. The van der Waals surface area contributed by atoms with Crippen molar-refractivity contribution in [3.05, 3.63) is 16.2 Å². The topological polar surface area (TPSA) is 101 Å². The molecule has 108 valence electrons. The normalized spacial score (nSPS) is 11.8. The molecular formula is C8H11F2N3O4S2. The van der Waals surface area contributed by atoms with Gasteiger partial charge in [0.1, 0.15) is 4.21 Å². The van der Waals surface area contributed by atoms with Crippen LogP contribution in [0, 0.1) is 10.1 Å². The number of hydrogen-bond donors (Lipinski definition) is 2. The quantitative estimate of drug-likeness (QED) is 0.588. The van der Waals surface area contributed by atoms with Gasteiger partial charge in [-0.1, -0.05) is 11.3 Å². The molecule has 0 aliphatic heterocycles. The van der Waals surface area contributed by atoms with Gasteiger partial charge < -0.3 is 5.32 Å². The molecule has 0 bridgehead atoms. The number of nitrogens with zero attached hydrogens (tertiary/aromatic N) is 1. The number of alkyl halides is 2. The van der Waals surface area contributed by atoms with Gasteiger partial charge in [-0.2, -0.15) is 0 Å². The lowest BCUT2D eigenvalue weighted by Crippen LogP contribution is -2.28. The van der Waals surface area contributed by atoms with Gasteiger partial charge in [0.15, 0.2) is 5.00 Å². The van der Waals surface area contributed by atoms with Gasteiger partial charge in [-0.25, -0.2) is 21.9 Å². The zero-order valence-electron chi connectivity index (χ0n) is 9.72. The zero-order chi connectivity index (χ0) is 14.6. The van der Waals surface area contributed by atoms with E-state index in [1.54, 1.807) is 11.6 Å². The van der Waals surface area contributed by atoms with E-state index in [9.17, 15) is 27.3 Å². The molecule has 7 nitrogen and oxygen atoms in total. The fourth-order valence-corrected chi connectivity index (χ4v) is 3.60. The van der Waals surface area contributed by atoms with Crippen LogP contribution in [0.25, 0.3) is 0 Å². The number of anilines is 1. The predicted octanol–water partition coefficient (Wildman–Crippen LogP) is 1.63. The van der Waals surface area contributed by atoms with Crippen molar-refractivity contribution in [2.75, 3.05) is 18.4 Å². The van der Waals surface area contributed by atoms with Crippen LogP contribution < -0.4 is 10.0 Å². The second kappa shape index (κ2) is 6.21. The highest BCUT2D eigenvalue weighted by molar-refractivity contribution is 7.91. The van der Waals surface area contributed by atoms with Crippen LogP contribution in [0.4, 0.5) is 19.5 Å². The first-order valence-electron chi connectivity index (χ1n) is 5.07. The SMILES string of the molecule is CCNc1sc(S(=O)(=O)NCC(F)F)cc1[N+](=O)[O-]. The highest BCUT2D eigenvalue weighted by Gasteiger charge is 2.26. The minimum Gasteiger partial charge on any atom is -0.372 e. The van der Waals surface area contributed by atoms with E-state index in [1.165, 1.54) is 0 Å². The Kier molecular flexibility index (Phi) is 5.14. The van der Waals surface area contributed by atoms with E-state index < -0.39 is 33.6 Å². The third kappa shape index (κ3) is 4.08. The van der Waals surface area contributed by atoms with E-state index >= 15 is 0 Å². The molecule has 0 saturated carbocycles. The highest BCUT2D eigenvalue weighted by Crippen LogP contribution is 2.36. The Morgan fingerprint density at radius 1 is 1.53 bits per heavy atom. The highest BCUT2D eigenvalue weighted by atomic mass is 32.2. The Balaban J connectivity index is 3.07. The van der Waals surface area contributed by atoms with E-state index in [0.29, 0.717) is 17.9 Å². The number of nitrogens with one attached hydrogen (secondary N) is 2. The number of nitro groups is 1. The first-order chi connectivity index (χ1) is 8.77. The summed E-state index contributed by atoms with van der Waals surface area (Å²) in [6.07, 6.45) is -2.84. The Morgan fingerprint density at radius 2 is 2.16 bits per heavy atom. The number of thiophene rings is 1. The molecular weight excluding hydrogens is 304 g/mol. The largest absolute Gasteiger partial charge is 0.372 e. The molecule has 0 spiro atoms. The van der Waals surface area contributed by atoms with Crippen molar-refractivity contribution in [2.45, 2.75) is 17.6 Å². The molecule has 1 aromatic rings. The summed E-state index contributed by atoms with van der Waals surface area (Å²) in [7, 11) is -4.16. The summed E-state index contributed by atoms with van der Waals surface area (Å²) in [5.41, 5.74) is -0.399. The van der Waals surface area contributed by atoms with Crippen molar-refractivity contribution in [3.8, 4) is 0 Å². The molecule has 0 aliphatic rings. The van der Waals surface area contributed by atoms with Gasteiger partial charge >= 0.3 is 5.69 Å². The van der Waals surface area contributed by atoms with E-state index in [2.05, 4.69) is 5.32 Å². The molecule has 0 fully saturated rings. The minimum absolute atomic E-state index is 0.0740. The van der Waals surface area contributed by atoms with Gasteiger partial charge in [0.25, 0.3) is 16.4 Å². The smallest absolute Gasteiger partial charge is 0.304 e. The maximum absolute atomic E-state index is 12.0. The molecule has 1 rings (SSSR count). The van der Waals surface area contributed by atoms with Gasteiger partial charge in [-0.05, 0) is 6.92 Å². The maximum atomic E-state index is 12.0. The molecule has 11 heteroatoms. The van der Waals surface area contributed by atoms with Crippen LogP contribution in [-0.2, 0) is 10.0 Å². The van der Waals surface area contributed by atoms with Crippen LogP contribution in [0.15, 0.2) is 10.3 Å². The van der Waals surface area contributed by atoms with Crippen LogP contribution in [0.2, 0.25) is 0 Å². The number of sulfonamides is 1. The molecule has 2 N–H and O–H groups in total. The van der Waals surface area contributed by atoms with E-state index in [-0.39, 0.29) is 9.21 Å². The van der Waals surface area contributed by atoms with Crippen LogP contribution in [0.1, 0.15) is 6.92 Å². The Hall–Kier alpha value is -1.33. The molecule has 0 aliphatic carbocycles. The summed E-state index contributed by atoms with van der Waals surface area (Å²) in [6.45, 7) is 1.02. The fourth-order valence-electron chi connectivity index (χ4n) is 1.16. The number of rotatable bonds is 7. The standard InChI is InChI=1S/C8H11F2N3O4S2/c1-2-11-8-5(13(14)15)3-7(18-8)19(16,17)12-4-6(9)10/h3,6,11-12H,2,4H2,1H3. The Morgan fingerprint density at radius 3 is 2.63 bits per heavy atom. The molecule has 0 atom stereocenters. The van der Waals surface area contributed by atoms with Crippen molar-refractivity contribution in [1.82, 2.24) is 4.72 Å². The van der Waals surface area contributed by atoms with Crippen LogP contribution >= 0.6 is 11.3 Å². The lowest BCUT2D eigenvalue weighted by molar-refractivity contribution is -0.383. The first-order valence-corrected chi connectivity index (χ1v) is 7.37. The first kappa shape index (κ1) is 15.7. The molecule has 19 heavy (non-hydrogen) atoms. The second-order valence-electron chi connectivity index (χ2n) is 3.31. The average Bonchev–Trinajstić information content (AvgIpc) is 2.72. The Bertz CT molecular complexity index is 558. The molecule has 0 aromatic carbocycles. The van der Waals surface area contributed by atoms with Crippen molar-refractivity contribution in [3.63, 3.8) is 0 Å². The van der Waals surface area contributed by atoms with Gasteiger partial charge in [0.2, 0.25) is 0 Å². The van der Waals surface area contributed by atoms with Gasteiger partial charge in [-0.15, -0.1) is 0 Å². The Labute approximate surface area is 111 Å². The summed E-state index contributed by atoms with van der Waals surface area (Å²) in [4.78, 5) is 10.0. The lowest BCUT2D eigenvalue weighted by Gasteiger charge is -2.02. The summed E-state index contributed by atoms with van der Waals surface area (Å²) in [5.74, 6) is 0. The third-order valence-electron chi connectivity index (χ3n) is 1.92. The van der Waals surface area contributed by atoms with Crippen molar-refractivity contribution >= 4 is 32.0 Å². The summed E-state index contributed by atoms with van der Waals surface area (Å²) >= 11 is 0.623. The summed E-state index contributed by atoms with van der Waals surface area (Å²) < 4.78 is 48.5. The maximum Gasteiger partial charge on any atom is 0.304 e. The molecule has 0 saturated heterocycles. The van der Waals surface area contributed by atoms with Crippen molar-refractivity contribution < 1.29 is 22.1 Å². The number of hydrogen-bond acceptors (Lipinski definition) is 6. The fraction of sp³-hybridized carbons (Fsp3) is 0.500. The predicted molar refractivity (Wildman–Crippen MR) is 66.3 cm³/mol. The molecule has 0 unspecified atom stereocenters. The van der Waals surface area contributed by atoms with Gasteiger partial charge in [-0.3, -0.25) is 10.1 Å². The molecule has 1 aromatic heterocycles. The lowest BCUT2D eigenvalue weighted by atomic mass is 10.5. The van der Waals surface area contributed by atoms with Crippen molar-refractivity contribution in [1.29, 1.82) is 0 Å². The average molecular weight is 315 g/mol. The monoisotopic (exact) mass is 315 g/mol. The number of halogens is 2. The van der Waals surface area contributed by atoms with Crippen molar-refractivity contribution in [2.24, 2.45) is 0 Å². The third-order valence-corrected chi connectivity index (χ3v) is 4.90. The van der Waals surface area contributed by atoms with Crippen LogP contribution in [0.3, 0.4) is 0 Å². The van der Waals surface area contributed by atoms with E-state index in [0.717, 1.165) is 6.07 Å². The summed E-state index contributed by atoms with van der Waals surface area (Å²) in [6, 6.07) is 0.844. The molecule has 1 heterocycles. The second-order valence-corrected chi connectivity index (χ2v) is 6.36. The van der Waals surface area contributed by atoms with Gasteiger partial charge in [0.05, 0.1) is 11.5 Å². The van der Waals surface area contributed by atoms with E-state index in [1.807, 2.05) is 0 Å². The van der Waals surface area contributed by atoms with Crippen LogP contribution in [0.5, 0.6) is 0 Å². The van der Waals surface area contributed by atoms with Crippen LogP contribution in [-0.4, -0.2) is 32.9 Å². The molecule has 0 radical (unpaired) electrons. The minimum atomic E-state index is -4.16. The zero-order valence-corrected chi connectivity index (χ0v) is 11.4. The summed E-state index contributed by atoms with van der Waals surface area (Å²) in [5, 5.41) is 13.5. The van der Waals surface area contributed by atoms with E-state index in [4.69, 9.17) is 0 Å². The van der Waals surface area contributed by atoms with Gasteiger partial charge in [0, 0.05) is 12.6 Å².